The van der Waals surface area contributed by atoms with Gasteiger partial charge < -0.3 is 4.74 Å². The molecule has 0 N–H and O–H groups in total. The van der Waals surface area contributed by atoms with Crippen molar-refractivity contribution in [3.63, 3.8) is 0 Å². The first-order valence-corrected chi connectivity index (χ1v) is 10.2. The van der Waals surface area contributed by atoms with Crippen molar-refractivity contribution in [1.29, 1.82) is 0 Å². The minimum absolute atomic E-state index is 0.0421. The van der Waals surface area contributed by atoms with Crippen LogP contribution in [0.1, 0.15) is 18.4 Å². The Kier molecular flexibility index (Phi) is 5.76. The zero-order valence-corrected chi connectivity index (χ0v) is 15.9. The Bertz CT molecular complexity index is 907. The molecular formula is C19H22N2O5S. The molecule has 0 radical (unpaired) electrons. The molecule has 0 atom stereocenters. The van der Waals surface area contributed by atoms with Crippen LogP contribution in [-0.2, 0) is 16.4 Å². The number of piperidine rings is 1. The van der Waals surface area contributed by atoms with Gasteiger partial charge in [-0.15, -0.1) is 0 Å². The number of nitrogens with zero attached hydrogens (tertiary/aromatic N) is 2. The van der Waals surface area contributed by atoms with Gasteiger partial charge in [0.2, 0.25) is 10.0 Å². The van der Waals surface area contributed by atoms with Gasteiger partial charge in [-0.1, -0.05) is 30.3 Å². The van der Waals surface area contributed by atoms with Gasteiger partial charge in [0.25, 0.3) is 0 Å². The zero-order chi connectivity index (χ0) is 19.4. The number of benzene rings is 2. The van der Waals surface area contributed by atoms with Crippen molar-refractivity contribution in [3.05, 3.63) is 64.2 Å². The molecule has 1 fully saturated rings. The smallest absolute Gasteiger partial charge is 0.312 e. The molecule has 8 heteroatoms. The normalized spacial score (nSPS) is 16.2. The van der Waals surface area contributed by atoms with E-state index in [2.05, 4.69) is 12.1 Å². The van der Waals surface area contributed by atoms with Gasteiger partial charge >= 0.3 is 5.69 Å². The number of sulfonamides is 1. The quantitative estimate of drug-likeness (QED) is 0.558. The molecule has 3 rings (SSSR count). The first kappa shape index (κ1) is 19.3. The van der Waals surface area contributed by atoms with Crippen LogP contribution in [0.15, 0.2) is 53.4 Å². The second-order valence-corrected chi connectivity index (χ2v) is 8.57. The lowest BCUT2D eigenvalue weighted by Gasteiger charge is -2.31. The summed E-state index contributed by atoms with van der Waals surface area (Å²) in [6.07, 6.45) is 2.47. The Morgan fingerprint density at radius 2 is 1.81 bits per heavy atom. The highest BCUT2D eigenvalue weighted by atomic mass is 32.2. The van der Waals surface area contributed by atoms with Crippen LogP contribution in [0.4, 0.5) is 5.69 Å². The second-order valence-electron chi connectivity index (χ2n) is 6.63. The highest BCUT2D eigenvalue weighted by molar-refractivity contribution is 7.89. The molecule has 0 bridgehead atoms. The fraction of sp³-hybridized carbons (Fsp3) is 0.368. The van der Waals surface area contributed by atoms with E-state index in [1.807, 2.05) is 18.2 Å². The largest absolute Gasteiger partial charge is 0.490 e. The second kappa shape index (κ2) is 8.06. The average molecular weight is 390 g/mol. The van der Waals surface area contributed by atoms with Crippen molar-refractivity contribution in [2.45, 2.75) is 24.2 Å². The summed E-state index contributed by atoms with van der Waals surface area (Å²) in [6, 6.07) is 13.9. The molecule has 1 aliphatic rings. The first-order valence-electron chi connectivity index (χ1n) is 8.78. The van der Waals surface area contributed by atoms with Crippen molar-refractivity contribution >= 4 is 15.7 Å². The number of nitro groups is 1. The number of nitro benzene ring substituents is 1. The van der Waals surface area contributed by atoms with Crippen molar-refractivity contribution in [1.82, 2.24) is 4.31 Å². The third-order valence-electron chi connectivity index (χ3n) is 4.93. The summed E-state index contributed by atoms with van der Waals surface area (Å²) in [7, 11) is -2.45. The molecule has 0 saturated carbocycles. The van der Waals surface area contributed by atoms with E-state index in [1.54, 1.807) is 0 Å². The predicted molar refractivity (Wildman–Crippen MR) is 101 cm³/mol. The Morgan fingerprint density at radius 1 is 1.15 bits per heavy atom. The summed E-state index contributed by atoms with van der Waals surface area (Å²) in [6.45, 7) is 0.833. The third kappa shape index (κ3) is 4.28. The summed E-state index contributed by atoms with van der Waals surface area (Å²) >= 11 is 0. The summed E-state index contributed by atoms with van der Waals surface area (Å²) in [5, 5.41) is 11.2. The zero-order valence-electron chi connectivity index (χ0n) is 15.1. The molecule has 7 nitrogen and oxygen atoms in total. The lowest BCUT2D eigenvalue weighted by molar-refractivity contribution is -0.386. The van der Waals surface area contributed by atoms with E-state index < -0.39 is 14.9 Å². The molecule has 0 aromatic heterocycles. The van der Waals surface area contributed by atoms with Crippen LogP contribution in [-0.4, -0.2) is 37.8 Å². The van der Waals surface area contributed by atoms with Gasteiger partial charge in [-0.2, -0.15) is 4.31 Å². The maximum atomic E-state index is 12.9. The summed E-state index contributed by atoms with van der Waals surface area (Å²) in [5.41, 5.74) is 0.905. The van der Waals surface area contributed by atoms with E-state index in [0.717, 1.165) is 25.3 Å². The molecule has 2 aromatic carbocycles. The van der Waals surface area contributed by atoms with Gasteiger partial charge in [-0.3, -0.25) is 10.1 Å². The molecule has 27 heavy (non-hydrogen) atoms. The first-order chi connectivity index (χ1) is 12.9. The van der Waals surface area contributed by atoms with Gasteiger partial charge in [0.15, 0.2) is 5.75 Å². The van der Waals surface area contributed by atoms with Gasteiger partial charge in [0, 0.05) is 19.2 Å². The number of hydrogen-bond donors (Lipinski definition) is 0. The Hall–Kier alpha value is -2.45. The van der Waals surface area contributed by atoms with Gasteiger partial charge in [-0.25, -0.2) is 8.42 Å². The third-order valence-corrected chi connectivity index (χ3v) is 6.82. The lowest BCUT2D eigenvalue weighted by atomic mass is 9.91. The van der Waals surface area contributed by atoms with Crippen LogP contribution < -0.4 is 4.74 Å². The molecule has 1 heterocycles. The van der Waals surface area contributed by atoms with Crippen LogP contribution in [0.3, 0.4) is 0 Å². The number of methoxy groups -OCH3 is 1. The average Bonchev–Trinajstić information content (AvgIpc) is 2.68. The summed E-state index contributed by atoms with van der Waals surface area (Å²) in [4.78, 5) is 10.5. The van der Waals surface area contributed by atoms with E-state index >= 15 is 0 Å². The van der Waals surface area contributed by atoms with Crippen LogP contribution in [0.25, 0.3) is 0 Å². The van der Waals surface area contributed by atoms with Gasteiger partial charge in [-0.05, 0) is 42.9 Å². The van der Waals surface area contributed by atoms with Crippen molar-refractivity contribution in [3.8, 4) is 5.75 Å². The van der Waals surface area contributed by atoms with E-state index in [0.29, 0.717) is 19.0 Å². The van der Waals surface area contributed by atoms with Gasteiger partial charge in [0.1, 0.15) is 0 Å². The fourth-order valence-corrected chi connectivity index (χ4v) is 4.91. The standard InChI is InChI=1S/C19H22N2O5S/c1-26-19-8-7-17(14-18(19)21(22)23)27(24,25)20-11-9-16(10-12-20)13-15-5-3-2-4-6-15/h2-8,14,16H,9-13H2,1H3. The molecule has 0 unspecified atom stereocenters. The van der Waals surface area contributed by atoms with Crippen LogP contribution in [0.5, 0.6) is 5.75 Å². The van der Waals surface area contributed by atoms with Crippen LogP contribution >= 0.6 is 0 Å². The molecule has 0 aliphatic carbocycles. The number of hydrogen-bond acceptors (Lipinski definition) is 5. The molecule has 2 aromatic rings. The highest BCUT2D eigenvalue weighted by Crippen LogP contribution is 2.32. The van der Waals surface area contributed by atoms with Crippen molar-refractivity contribution in [2.75, 3.05) is 20.2 Å². The SMILES string of the molecule is COc1ccc(S(=O)(=O)N2CCC(Cc3ccccc3)CC2)cc1[N+](=O)[O-]. The summed E-state index contributed by atoms with van der Waals surface area (Å²) in [5.74, 6) is 0.476. The number of ether oxygens (including phenoxy) is 1. The van der Waals surface area contributed by atoms with Gasteiger partial charge in [0.05, 0.1) is 16.9 Å². The Balaban J connectivity index is 1.71. The van der Waals surface area contributed by atoms with Crippen molar-refractivity contribution in [2.24, 2.45) is 5.92 Å². The maximum Gasteiger partial charge on any atom is 0.312 e. The Labute approximate surface area is 158 Å². The molecule has 0 amide bonds. The molecule has 1 saturated heterocycles. The minimum atomic E-state index is -3.77. The lowest BCUT2D eigenvalue weighted by Crippen LogP contribution is -2.38. The topological polar surface area (TPSA) is 89.8 Å². The predicted octanol–water partition coefficient (Wildman–Crippen LogP) is 3.25. The van der Waals surface area contributed by atoms with E-state index in [9.17, 15) is 18.5 Å². The monoisotopic (exact) mass is 390 g/mol. The highest BCUT2D eigenvalue weighted by Gasteiger charge is 2.31. The van der Waals surface area contributed by atoms with E-state index in [-0.39, 0.29) is 16.3 Å². The molecular weight excluding hydrogens is 368 g/mol. The molecule has 0 spiro atoms. The summed E-state index contributed by atoms with van der Waals surface area (Å²) < 4.78 is 32.1. The van der Waals surface area contributed by atoms with E-state index in [4.69, 9.17) is 4.74 Å². The van der Waals surface area contributed by atoms with Crippen molar-refractivity contribution < 1.29 is 18.1 Å². The number of rotatable bonds is 6. The maximum absolute atomic E-state index is 12.9. The molecule has 144 valence electrons. The van der Waals surface area contributed by atoms with E-state index in [1.165, 1.54) is 29.1 Å². The Morgan fingerprint density at radius 3 is 2.41 bits per heavy atom. The molecule has 1 aliphatic heterocycles. The fourth-order valence-electron chi connectivity index (χ4n) is 3.42. The van der Waals surface area contributed by atoms with Crippen LogP contribution in [0, 0.1) is 16.0 Å². The van der Waals surface area contributed by atoms with Crippen LogP contribution in [0.2, 0.25) is 0 Å². The minimum Gasteiger partial charge on any atom is -0.490 e.